The molecule has 1 rings (SSSR count). The van der Waals surface area contributed by atoms with Crippen LogP contribution < -0.4 is 28.3 Å². The fourth-order valence-electron chi connectivity index (χ4n) is 2.42. The molecule has 1 aliphatic heterocycles. The van der Waals surface area contributed by atoms with Crippen LogP contribution in [0.3, 0.4) is 0 Å². The van der Waals surface area contributed by atoms with Crippen LogP contribution in [0.4, 0.5) is 0 Å². The second-order valence-corrected chi connectivity index (χ2v) is 5.34. The molecule has 9 heteroatoms. The smallest absolute Gasteiger partial charge is 0.235 e. The lowest BCUT2D eigenvalue weighted by Gasteiger charge is -2.19. The number of primary amides is 1. The van der Waals surface area contributed by atoms with Gasteiger partial charge in [0.15, 0.2) is 23.4 Å². The van der Waals surface area contributed by atoms with E-state index in [1.165, 1.54) is 0 Å². The summed E-state index contributed by atoms with van der Waals surface area (Å²) in [4.78, 5) is 39.8. The van der Waals surface area contributed by atoms with Gasteiger partial charge >= 0.3 is 0 Å². The Morgan fingerprint density at radius 1 is 1.23 bits per heavy atom. The Balaban J connectivity index is 2.62. The summed E-state index contributed by atoms with van der Waals surface area (Å²) in [5, 5.41) is 2.95. The van der Waals surface area contributed by atoms with E-state index in [9.17, 15) is 14.4 Å². The van der Waals surface area contributed by atoms with Crippen molar-refractivity contribution < 1.29 is 14.4 Å². The second-order valence-electron chi connectivity index (χ2n) is 5.34. The predicted octanol–water partition coefficient (Wildman–Crippen LogP) is -2.64. The maximum atomic E-state index is 12.3. The van der Waals surface area contributed by atoms with Crippen LogP contribution in [0.15, 0.2) is 4.99 Å². The summed E-state index contributed by atoms with van der Waals surface area (Å²) >= 11 is 0. The fourth-order valence-corrected chi connectivity index (χ4v) is 2.42. The Morgan fingerprint density at radius 3 is 2.41 bits per heavy atom. The van der Waals surface area contributed by atoms with E-state index in [0.717, 1.165) is 6.42 Å². The molecule has 0 saturated carbocycles. The van der Waals surface area contributed by atoms with Gasteiger partial charge in [-0.1, -0.05) is 0 Å². The highest BCUT2D eigenvalue weighted by Gasteiger charge is 2.39. The minimum Gasteiger partial charge on any atom is -0.370 e. The largest absolute Gasteiger partial charge is 0.370 e. The second kappa shape index (κ2) is 8.44. The number of rotatable bonds is 9. The van der Waals surface area contributed by atoms with Crippen LogP contribution in [0.5, 0.6) is 0 Å². The third-order valence-electron chi connectivity index (χ3n) is 3.59. The molecular weight excluding hydrogens is 288 g/mol. The molecule has 1 aliphatic rings. The lowest BCUT2D eigenvalue weighted by atomic mass is 9.88. The van der Waals surface area contributed by atoms with Crippen molar-refractivity contribution in [3.8, 4) is 0 Å². The molecule has 3 atom stereocenters. The van der Waals surface area contributed by atoms with Gasteiger partial charge in [-0.05, 0) is 32.2 Å². The molecular formula is C13H24N6O3. The molecule has 0 aliphatic carbocycles. The zero-order valence-electron chi connectivity index (χ0n) is 12.5. The Hall–Kier alpha value is -2.00. The van der Waals surface area contributed by atoms with Crippen molar-refractivity contribution in [1.29, 1.82) is 0 Å². The lowest BCUT2D eigenvalue weighted by molar-refractivity contribution is -0.141. The first-order valence-corrected chi connectivity index (χ1v) is 7.25. The maximum absolute atomic E-state index is 12.3. The van der Waals surface area contributed by atoms with Crippen molar-refractivity contribution in [1.82, 2.24) is 5.32 Å². The van der Waals surface area contributed by atoms with Crippen molar-refractivity contribution in [2.75, 3.05) is 13.1 Å². The standard InChI is InChI=1S/C13H24N6O3/c14-7(3-1-6-19-13(16)17)10(20)9(12(15)22)11(21)8-4-2-5-18-8/h7-9,18H,1-6,14H2,(H2,15,22)(H4,16,17,19)/t7-,8+,9?/m0/s1. The molecule has 0 aromatic carbocycles. The summed E-state index contributed by atoms with van der Waals surface area (Å²) in [6, 6.07) is -1.45. The normalized spacial score (nSPS) is 20.1. The summed E-state index contributed by atoms with van der Waals surface area (Å²) in [5.74, 6) is -3.62. The Kier molecular flexibility index (Phi) is 6.93. The van der Waals surface area contributed by atoms with Crippen LogP contribution in [0.25, 0.3) is 0 Å². The van der Waals surface area contributed by atoms with Crippen LogP contribution in [0.1, 0.15) is 25.7 Å². The number of ketones is 2. The topological polar surface area (TPSA) is 180 Å². The van der Waals surface area contributed by atoms with Gasteiger partial charge in [0.2, 0.25) is 5.91 Å². The number of nitrogens with zero attached hydrogens (tertiary/aromatic N) is 1. The number of amides is 1. The van der Waals surface area contributed by atoms with Gasteiger partial charge < -0.3 is 28.3 Å². The number of carbonyl (C=O) groups is 3. The lowest BCUT2D eigenvalue weighted by Crippen LogP contribution is -2.50. The zero-order valence-corrected chi connectivity index (χ0v) is 12.5. The zero-order chi connectivity index (χ0) is 16.7. The monoisotopic (exact) mass is 312 g/mol. The Labute approximate surface area is 128 Å². The molecule has 0 radical (unpaired) electrons. The molecule has 9 N–H and O–H groups in total. The number of Topliss-reactive ketones (excluding diaryl/α,β-unsaturated/α-hetero) is 2. The van der Waals surface area contributed by atoms with Crippen LogP contribution in [-0.4, -0.2) is 48.6 Å². The summed E-state index contributed by atoms with van der Waals surface area (Å²) in [5.41, 5.74) is 21.4. The maximum Gasteiger partial charge on any atom is 0.235 e. The highest BCUT2D eigenvalue weighted by atomic mass is 16.2. The number of aliphatic imine (C=N–C) groups is 1. The van der Waals surface area contributed by atoms with E-state index >= 15 is 0 Å². The van der Waals surface area contributed by atoms with Crippen molar-refractivity contribution in [2.45, 2.75) is 37.8 Å². The molecule has 1 saturated heterocycles. The summed E-state index contributed by atoms with van der Waals surface area (Å²) in [6.07, 6.45) is 2.15. The molecule has 1 amide bonds. The SMILES string of the molecule is NC(=O)C(C(=O)[C@@H](N)CCCN=C(N)N)C(=O)[C@H]1CCCN1. The van der Waals surface area contributed by atoms with Gasteiger partial charge in [0.05, 0.1) is 12.1 Å². The van der Waals surface area contributed by atoms with Gasteiger partial charge in [-0.2, -0.15) is 0 Å². The molecule has 9 nitrogen and oxygen atoms in total. The van der Waals surface area contributed by atoms with Gasteiger partial charge in [0.1, 0.15) is 0 Å². The highest BCUT2D eigenvalue weighted by Crippen LogP contribution is 2.14. The number of nitrogens with one attached hydrogen (secondary N) is 1. The summed E-state index contributed by atoms with van der Waals surface area (Å²) < 4.78 is 0. The molecule has 0 bridgehead atoms. The van der Waals surface area contributed by atoms with E-state index in [4.69, 9.17) is 22.9 Å². The average Bonchev–Trinajstić information content (AvgIpc) is 2.96. The van der Waals surface area contributed by atoms with E-state index in [1.54, 1.807) is 0 Å². The third kappa shape index (κ3) is 5.08. The fraction of sp³-hybridized carbons (Fsp3) is 0.692. The minimum atomic E-state index is -1.49. The first kappa shape index (κ1) is 18.1. The van der Waals surface area contributed by atoms with Crippen molar-refractivity contribution in [3.63, 3.8) is 0 Å². The van der Waals surface area contributed by atoms with Crippen LogP contribution in [0, 0.1) is 5.92 Å². The van der Waals surface area contributed by atoms with Crippen LogP contribution in [0.2, 0.25) is 0 Å². The van der Waals surface area contributed by atoms with Crippen molar-refractivity contribution in [2.24, 2.45) is 33.8 Å². The van der Waals surface area contributed by atoms with Crippen molar-refractivity contribution >= 4 is 23.4 Å². The molecule has 0 spiro atoms. The highest BCUT2D eigenvalue weighted by molar-refractivity contribution is 6.21. The van der Waals surface area contributed by atoms with Crippen LogP contribution >= 0.6 is 0 Å². The number of carbonyl (C=O) groups excluding carboxylic acids is 3. The molecule has 0 aromatic rings. The number of nitrogens with two attached hydrogens (primary N) is 4. The van der Waals surface area contributed by atoms with E-state index in [1.807, 2.05) is 0 Å². The Morgan fingerprint density at radius 2 is 1.91 bits per heavy atom. The summed E-state index contributed by atoms with van der Waals surface area (Å²) in [6.45, 7) is 1.00. The van der Waals surface area contributed by atoms with Gasteiger partial charge in [-0.25, -0.2) is 0 Å². The van der Waals surface area contributed by atoms with Gasteiger partial charge in [-0.15, -0.1) is 0 Å². The van der Waals surface area contributed by atoms with Gasteiger partial charge in [0, 0.05) is 6.54 Å². The molecule has 0 aromatic heterocycles. The third-order valence-corrected chi connectivity index (χ3v) is 3.59. The molecule has 124 valence electrons. The quantitative estimate of drug-likeness (QED) is 0.133. The molecule has 1 fully saturated rings. The number of hydrogen-bond acceptors (Lipinski definition) is 6. The first-order valence-electron chi connectivity index (χ1n) is 7.25. The van der Waals surface area contributed by atoms with E-state index < -0.39 is 35.5 Å². The average molecular weight is 312 g/mol. The van der Waals surface area contributed by atoms with Gasteiger partial charge in [-0.3, -0.25) is 19.4 Å². The number of guanidine groups is 1. The van der Waals surface area contributed by atoms with Crippen LogP contribution in [-0.2, 0) is 14.4 Å². The van der Waals surface area contributed by atoms with Gasteiger partial charge in [0.25, 0.3) is 0 Å². The van der Waals surface area contributed by atoms with E-state index in [0.29, 0.717) is 25.9 Å². The molecule has 22 heavy (non-hydrogen) atoms. The van der Waals surface area contributed by atoms with E-state index in [-0.39, 0.29) is 12.4 Å². The van der Waals surface area contributed by atoms with Crippen molar-refractivity contribution in [3.05, 3.63) is 0 Å². The Bertz CT molecular complexity index is 455. The van der Waals surface area contributed by atoms with E-state index in [2.05, 4.69) is 10.3 Å². The minimum absolute atomic E-state index is 0.0441. The number of hydrogen-bond donors (Lipinski definition) is 5. The molecule has 1 unspecified atom stereocenters. The predicted molar refractivity (Wildman–Crippen MR) is 81.6 cm³/mol. The molecule has 1 heterocycles. The summed E-state index contributed by atoms with van der Waals surface area (Å²) in [7, 11) is 0. The first-order chi connectivity index (χ1) is 10.3.